The maximum absolute atomic E-state index is 6.54. The molecule has 3 aromatic rings. The normalized spacial score (nSPS) is 12.2. The highest BCUT2D eigenvalue weighted by atomic mass is 28.4. The molecule has 0 spiro atoms. The van der Waals surface area contributed by atoms with Crippen molar-refractivity contribution < 1.29 is 31.0 Å². The van der Waals surface area contributed by atoms with E-state index in [0.29, 0.717) is 0 Å². The van der Waals surface area contributed by atoms with Gasteiger partial charge in [0.1, 0.15) is 0 Å². The standard InChI is InChI=1S/C25H36O7Si4/c1-26-33(27-2)20-8-14-23(15-9-20)36(32-7,24-16-10-21(11-17-24)34(28-3)29-4)25-18-12-22(13-19-25)35(30-5)31-6/h8-19,33-35H,1-7H3. The molecule has 0 bridgehead atoms. The quantitative estimate of drug-likeness (QED) is 0.186. The second-order valence-corrected chi connectivity index (χ2v) is 18.5. The Hall–Kier alpha value is -1.75. The van der Waals surface area contributed by atoms with Crippen molar-refractivity contribution in [2.24, 2.45) is 0 Å². The molecule has 0 N–H and O–H groups in total. The van der Waals surface area contributed by atoms with Crippen LogP contribution in [0.25, 0.3) is 0 Å². The highest BCUT2D eigenvalue weighted by Crippen LogP contribution is 2.09. The van der Waals surface area contributed by atoms with Crippen LogP contribution in [0.3, 0.4) is 0 Å². The van der Waals surface area contributed by atoms with Gasteiger partial charge in [0.25, 0.3) is 8.32 Å². The monoisotopic (exact) mass is 560 g/mol. The lowest BCUT2D eigenvalue weighted by Gasteiger charge is -2.32. The molecule has 0 aliphatic carbocycles. The van der Waals surface area contributed by atoms with E-state index in [1.165, 1.54) is 0 Å². The van der Waals surface area contributed by atoms with Gasteiger partial charge in [0.2, 0.25) is 0 Å². The summed E-state index contributed by atoms with van der Waals surface area (Å²) in [5, 5.41) is 6.64. The molecule has 36 heavy (non-hydrogen) atoms. The van der Waals surface area contributed by atoms with E-state index in [4.69, 9.17) is 31.0 Å². The second-order valence-electron chi connectivity index (χ2n) is 8.16. The summed E-state index contributed by atoms with van der Waals surface area (Å²) in [5.41, 5.74) is 0. The SMILES string of the molecule is CO[SiH](OC)c1ccc([Si](OC)(c2ccc([SiH](OC)OC)cc2)c2ccc([SiH](OC)OC)cc2)cc1. The van der Waals surface area contributed by atoms with Crippen LogP contribution in [0.4, 0.5) is 0 Å². The maximum Gasteiger partial charge on any atom is 0.355 e. The summed E-state index contributed by atoms with van der Waals surface area (Å²) < 4.78 is 40.0. The van der Waals surface area contributed by atoms with Crippen molar-refractivity contribution in [2.45, 2.75) is 0 Å². The lowest BCUT2D eigenvalue weighted by molar-refractivity contribution is 0.291. The molecule has 0 saturated heterocycles. The lowest BCUT2D eigenvalue weighted by Crippen LogP contribution is -2.69. The van der Waals surface area contributed by atoms with Gasteiger partial charge >= 0.3 is 27.9 Å². The molecule has 0 amide bonds. The van der Waals surface area contributed by atoms with E-state index in [0.717, 1.165) is 31.1 Å². The third-order valence-electron chi connectivity index (χ3n) is 6.36. The van der Waals surface area contributed by atoms with Crippen molar-refractivity contribution in [2.75, 3.05) is 49.8 Å². The van der Waals surface area contributed by atoms with Crippen LogP contribution in [0, 0.1) is 0 Å². The molecule has 194 valence electrons. The van der Waals surface area contributed by atoms with Crippen LogP contribution in [0.2, 0.25) is 0 Å². The third-order valence-corrected chi connectivity index (χ3v) is 15.8. The van der Waals surface area contributed by atoms with Gasteiger partial charge < -0.3 is 31.0 Å². The molecule has 0 heterocycles. The Morgan fingerprint density at radius 1 is 0.389 bits per heavy atom. The van der Waals surface area contributed by atoms with E-state index in [1.54, 1.807) is 49.8 Å². The average molecular weight is 561 g/mol. The fourth-order valence-electron chi connectivity index (χ4n) is 4.58. The number of rotatable bonds is 13. The molecule has 3 rings (SSSR count). The van der Waals surface area contributed by atoms with Gasteiger partial charge in [0.15, 0.2) is 0 Å². The molecular formula is C25H36O7Si4. The van der Waals surface area contributed by atoms with Crippen molar-refractivity contribution in [3.05, 3.63) is 72.8 Å². The zero-order chi connectivity index (χ0) is 26.1. The summed E-state index contributed by atoms with van der Waals surface area (Å²) >= 11 is 0. The topological polar surface area (TPSA) is 64.6 Å². The summed E-state index contributed by atoms with van der Waals surface area (Å²) in [6.07, 6.45) is 0. The first kappa shape index (κ1) is 28.8. The van der Waals surface area contributed by atoms with Gasteiger partial charge in [-0.1, -0.05) is 72.8 Å². The van der Waals surface area contributed by atoms with E-state index in [2.05, 4.69) is 72.8 Å². The Labute approximate surface area is 220 Å². The Morgan fingerprint density at radius 2 is 0.611 bits per heavy atom. The Balaban J connectivity index is 2.16. The van der Waals surface area contributed by atoms with Crippen molar-refractivity contribution in [1.82, 2.24) is 0 Å². The molecule has 0 aromatic heterocycles. The Morgan fingerprint density at radius 3 is 0.778 bits per heavy atom. The molecule has 3 aromatic carbocycles. The molecule has 0 unspecified atom stereocenters. The van der Waals surface area contributed by atoms with Gasteiger partial charge in [0.05, 0.1) is 0 Å². The van der Waals surface area contributed by atoms with Crippen molar-refractivity contribution >= 4 is 67.3 Å². The molecule has 11 heteroatoms. The van der Waals surface area contributed by atoms with E-state index >= 15 is 0 Å². The van der Waals surface area contributed by atoms with E-state index in [1.807, 2.05) is 0 Å². The number of hydrogen-bond acceptors (Lipinski definition) is 7. The molecular weight excluding hydrogens is 525 g/mol. The van der Waals surface area contributed by atoms with Gasteiger partial charge in [-0.15, -0.1) is 0 Å². The molecule has 0 aliphatic heterocycles. The largest absolute Gasteiger partial charge is 0.408 e. The van der Waals surface area contributed by atoms with Gasteiger partial charge in [0, 0.05) is 49.8 Å². The summed E-state index contributed by atoms with van der Waals surface area (Å²) in [6, 6.07) is 25.5. The molecule has 7 nitrogen and oxygen atoms in total. The van der Waals surface area contributed by atoms with Crippen LogP contribution in [0.1, 0.15) is 0 Å². The lowest BCUT2D eigenvalue weighted by atomic mass is 10.3. The maximum atomic E-state index is 6.54. The first-order valence-electron chi connectivity index (χ1n) is 11.6. The summed E-state index contributed by atoms with van der Waals surface area (Å²) in [4.78, 5) is 0. The van der Waals surface area contributed by atoms with E-state index in [-0.39, 0.29) is 0 Å². The first-order valence-corrected chi connectivity index (χ1v) is 18.0. The molecule has 0 atom stereocenters. The van der Waals surface area contributed by atoms with Crippen LogP contribution < -0.4 is 31.1 Å². The van der Waals surface area contributed by atoms with Crippen LogP contribution in [0.5, 0.6) is 0 Å². The number of hydrogen-bond donors (Lipinski definition) is 0. The predicted octanol–water partition coefficient (Wildman–Crippen LogP) is -1.54. The minimum Gasteiger partial charge on any atom is -0.408 e. The minimum absolute atomic E-state index is 1.08. The highest BCUT2D eigenvalue weighted by Gasteiger charge is 2.41. The van der Waals surface area contributed by atoms with Crippen molar-refractivity contribution in [3.63, 3.8) is 0 Å². The zero-order valence-electron chi connectivity index (χ0n) is 22.0. The fourth-order valence-corrected chi connectivity index (χ4v) is 11.9. The molecule has 0 radical (unpaired) electrons. The predicted molar refractivity (Wildman–Crippen MR) is 153 cm³/mol. The van der Waals surface area contributed by atoms with Gasteiger partial charge in [-0.05, 0) is 31.1 Å². The van der Waals surface area contributed by atoms with Gasteiger partial charge in [-0.3, -0.25) is 0 Å². The van der Waals surface area contributed by atoms with Crippen LogP contribution in [-0.2, 0) is 31.0 Å². The highest BCUT2D eigenvalue weighted by molar-refractivity contribution is 7.07. The van der Waals surface area contributed by atoms with Gasteiger partial charge in [-0.25, -0.2) is 0 Å². The Bertz CT molecular complexity index is 919. The molecule has 0 saturated carbocycles. The van der Waals surface area contributed by atoms with Gasteiger partial charge in [-0.2, -0.15) is 0 Å². The van der Waals surface area contributed by atoms with Crippen LogP contribution in [0.15, 0.2) is 72.8 Å². The van der Waals surface area contributed by atoms with Crippen LogP contribution >= 0.6 is 0 Å². The van der Waals surface area contributed by atoms with Crippen molar-refractivity contribution in [3.8, 4) is 0 Å². The van der Waals surface area contributed by atoms with E-state index in [9.17, 15) is 0 Å². The average Bonchev–Trinajstić information content (AvgIpc) is 2.94. The molecule has 0 fully saturated rings. The first-order chi connectivity index (χ1) is 17.5. The minimum atomic E-state index is -2.83. The van der Waals surface area contributed by atoms with Crippen LogP contribution in [-0.4, -0.2) is 85.9 Å². The molecule has 0 aliphatic rings. The third kappa shape index (κ3) is 5.87. The number of benzene rings is 3. The van der Waals surface area contributed by atoms with Crippen molar-refractivity contribution in [1.29, 1.82) is 0 Å². The smallest absolute Gasteiger partial charge is 0.355 e. The fraction of sp³-hybridized carbons (Fsp3) is 0.280. The van der Waals surface area contributed by atoms with E-state index < -0.39 is 36.2 Å². The zero-order valence-corrected chi connectivity index (χ0v) is 26.5. The summed E-state index contributed by atoms with van der Waals surface area (Å²) in [7, 11) is 3.41. The summed E-state index contributed by atoms with van der Waals surface area (Å²) in [6.45, 7) is 0. The summed E-state index contributed by atoms with van der Waals surface area (Å²) in [5.74, 6) is 0. The Kier molecular flexibility index (Phi) is 11.0. The second kappa shape index (κ2) is 13.7.